The van der Waals surface area contributed by atoms with Crippen molar-refractivity contribution in [2.45, 2.75) is 39.7 Å². The van der Waals surface area contributed by atoms with Crippen LogP contribution in [0.4, 0.5) is 5.69 Å². The molecule has 1 atom stereocenters. The molecule has 1 aromatic carbocycles. The van der Waals surface area contributed by atoms with E-state index < -0.39 is 5.97 Å². The molecule has 3 rings (SSSR count). The molecule has 2 aromatic heterocycles. The molecule has 0 aliphatic rings. The zero-order valence-corrected chi connectivity index (χ0v) is 19.6. The van der Waals surface area contributed by atoms with E-state index in [0.717, 1.165) is 34.8 Å². The largest absolute Gasteiger partial charge is 0.481 e. The maximum absolute atomic E-state index is 12.2. The van der Waals surface area contributed by atoms with E-state index in [1.54, 1.807) is 24.4 Å². The van der Waals surface area contributed by atoms with Crippen molar-refractivity contribution in [2.75, 3.05) is 11.9 Å². The molecule has 8 heteroatoms. The molecule has 0 radical (unpaired) electrons. The minimum atomic E-state index is -0.948. The number of hydrogen-bond donors (Lipinski definition) is 3. The summed E-state index contributed by atoms with van der Waals surface area (Å²) < 4.78 is 6.04. The third-order valence-electron chi connectivity index (χ3n) is 5.16. The number of rotatable bonds is 10. The average Bonchev–Trinajstić information content (AvgIpc) is 3.15. The number of aryl methyl sites for hydroxylation is 1. The van der Waals surface area contributed by atoms with Crippen molar-refractivity contribution in [2.24, 2.45) is 5.92 Å². The zero-order valence-electron chi connectivity index (χ0n) is 18.9. The molecule has 0 saturated heterocycles. The van der Waals surface area contributed by atoms with Crippen LogP contribution in [0.2, 0.25) is 5.15 Å². The molecule has 0 fully saturated rings. The van der Waals surface area contributed by atoms with Gasteiger partial charge in [0.1, 0.15) is 16.7 Å². The highest BCUT2D eigenvalue weighted by molar-refractivity contribution is 6.29. The van der Waals surface area contributed by atoms with Gasteiger partial charge in [0.25, 0.3) is 5.91 Å². The predicted octanol–water partition coefficient (Wildman–Crippen LogP) is 5.71. The highest BCUT2D eigenvalue weighted by Gasteiger charge is 2.20. The number of pyridine rings is 1. The van der Waals surface area contributed by atoms with Gasteiger partial charge in [0.15, 0.2) is 0 Å². The number of nitrogens with zero attached hydrogens (tertiary/aromatic N) is 1. The van der Waals surface area contributed by atoms with Gasteiger partial charge in [0.05, 0.1) is 12.5 Å². The Bertz CT molecular complexity index is 1110. The van der Waals surface area contributed by atoms with E-state index >= 15 is 0 Å². The van der Waals surface area contributed by atoms with Crippen LogP contribution in [-0.4, -0.2) is 28.5 Å². The fourth-order valence-electron chi connectivity index (χ4n) is 3.58. The van der Waals surface area contributed by atoms with Crippen LogP contribution in [0.25, 0.3) is 11.3 Å². The third kappa shape index (κ3) is 6.83. The number of hydrogen-bond acceptors (Lipinski definition) is 5. The van der Waals surface area contributed by atoms with Crippen molar-refractivity contribution < 1.29 is 19.1 Å². The number of aliphatic carboxylic acids is 1. The summed E-state index contributed by atoms with van der Waals surface area (Å²) in [5.41, 5.74) is 3.27. The second kappa shape index (κ2) is 11.0. The van der Waals surface area contributed by atoms with Crippen molar-refractivity contribution in [1.29, 1.82) is 0 Å². The number of carboxylic acids is 1. The number of aromatic nitrogens is 1. The van der Waals surface area contributed by atoms with Gasteiger partial charge in [0.2, 0.25) is 0 Å². The molecule has 3 aromatic rings. The highest BCUT2D eigenvalue weighted by Crippen LogP contribution is 2.34. The monoisotopic (exact) mass is 469 g/mol. The Morgan fingerprint density at radius 2 is 1.88 bits per heavy atom. The van der Waals surface area contributed by atoms with Crippen molar-refractivity contribution in [3.8, 4) is 11.3 Å². The highest BCUT2D eigenvalue weighted by atomic mass is 35.5. The van der Waals surface area contributed by atoms with E-state index in [0.29, 0.717) is 16.6 Å². The van der Waals surface area contributed by atoms with Crippen molar-refractivity contribution in [3.05, 3.63) is 70.7 Å². The summed E-state index contributed by atoms with van der Waals surface area (Å²) >= 11 is 6.04. The van der Waals surface area contributed by atoms with E-state index in [1.165, 1.54) is 0 Å². The molecule has 33 heavy (non-hydrogen) atoms. The zero-order chi connectivity index (χ0) is 24.0. The lowest BCUT2D eigenvalue weighted by Gasteiger charge is -2.21. The lowest BCUT2D eigenvalue weighted by Crippen LogP contribution is -2.25. The van der Waals surface area contributed by atoms with E-state index in [-0.39, 0.29) is 24.9 Å². The SMILES string of the molecule is Cc1oc(-c2ccnc(Cl)c2)cc1C(CC(C)C)Nc1ccc(C(=O)NCCC(=O)O)cc1. The molecule has 174 valence electrons. The number of carboxylic acid groups (broad SMARTS) is 1. The smallest absolute Gasteiger partial charge is 0.305 e. The first-order valence-electron chi connectivity index (χ1n) is 10.8. The number of carbonyl (C=O) groups is 2. The number of furan rings is 1. The van der Waals surface area contributed by atoms with Crippen LogP contribution >= 0.6 is 11.6 Å². The first-order chi connectivity index (χ1) is 15.7. The topological polar surface area (TPSA) is 104 Å². The maximum Gasteiger partial charge on any atom is 0.305 e. The van der Waals surface area contributed by atoms with E-state index in [4.69, 9.17) is 21.1 Å². The van der Waals surface area contributed by atoms with Crippen LogP contribution in [0.5, 0.6) is 0 Å². The Labute approximate surface area is 198 Å². The molecule has 2 heterocycles. The Hall–Kier alpha value is -3.32. The van der Waals surface area contributed by atoms with Crippen LogP contribution in [0, 0.1) is 12.8 Å². The summed E-state index contributed by atoms with van der Waals surface area (Å²) in [7, 11) is 0. The Morgan fingerprint density at radius 3 is 2.52 bits per heavy atom. The number of benzene rings is 1. The molecule has 1 amide bonds. The fraction of sp³-hybridized carbons (Fsp3) is 0.320. The Kier molecular flexibility index (Phi) is 8.11. The third-order valence-corrected chi connectivity index (χ3v) is 5.37. The van der Waals surface area contributed by atoms with Crippen LogP contribution < -0.4 is 10.6 Å². The summed E-state index contributed by atoms with van der Waals surface area (Å²) in [5.74, 6) is 0.750. The molecule has 7 nitrogen and oxygen atoms in total. The van der Waals surface area contributed by atoms with E-state index in [2.05, 4.69) is 29.5 Å². The number of carbonyl (C=O) groups excluding carboxylic acids is 1. The number of nitrogens with one attached hydrogen (secondary N) is 2. The molecular formula is C25H28ClN3O4. The van der Waals surface area contributed by atoms with Gasteiger partial charge in [-0.3, -0.25) is 9.59 Å². The summed E-state index contributed by atoms with van der Waals surface area (Å²) in [6.07, 6.45) is 2.42. The van der Waals surface area contributed by atoms with Crippen LogP contribution in [0.15, 0.2) is 53.1 Å². The van der Waals surface area contributed by atoms with Gasteiger partial charge in [-0.05, 0) is 61.7 Å². The maximum atomic E-state index is 12.2. The summed E-state index contributed by atoms with van der Waals surface area (Å²) in [5, 5.41) is 15.3. The molecule has 3 N–H and O–H groups in total. The molecule has 0 saturated carbocycles. The van der Waals surface area contributed by atoms with Crippen LogP contribution in [0.1, 0.15) is 54.4 Å². The van der Waals surface area contributed by atoms with Crippen LogP contribution in [0.3, 0.4) is 0 Å². The quantitative estimate of drug-likeness (QED) is 0.328. The first kappa shape index (κ1) is 24.3. The molecule has 0 aliphatic carbocycles. The van der Waals surface area contributed by atoms with Crippen molar-refractivity contribution in [1.82, 2.24) is 10.3 Å². The summed E-state index contributed by atoms with van der Waals surface area (Å²) in [4.78, 5) is 26.8. The first-order valence-corrected chi connectivity index (χ1v) is 11.2. The predicted molar refractivity (Wildman–Crippen MR) is 129 cm³/mol. The molecular weight excluding hydrogens is 442 g/mol. The van der Waals surface area contributed by atoms with Gasteiger partial charge in [-0.25, -0.2) is 4.98 Å². The number of halogens is 1. The fourth-order valence-corrected chi connectivity index (χ4v) is 3.75. The molecule has 1 unspecified atom stereocenters. The van der Waals surface area contributed by atoms with Gasteiger partial charge in [-0.2, -0.15) is 0 Å². The van der Waals surface area contributed by atoms with Gasteiger partial charge >= 0.3 is 5.97 Å². The normalized spacial score (nSPS) is 11.9. The van der Waals surface area contributed by atoms with Gasteiger partial charge in [-0.1, -0.05) is 25.4 Å². The van der Waals surface area contributed by atoms with Gasteiger partial charge in [0, 0.05) is 35.1 Å². The standard InChI is InChI=1S/C25H28ClN3O4/c1-15(2)12-21(20-14-22(33-16(20)3)18-8-10-27-23(26)13-18)29-19-6-4-17(5-7-19)25(32)28-11-9-24(30)31/h4-8,10,13-15,21,29H,9,11-12H2,1-3H3,(H,28,32)(H,30,31). The van der Waals surface area contributed by atoms with Crippen LogP contribution in [-0.2, 0) is 4.79 Å². The Morgan fingerprint density at radius 1 is 1.15 bits per heavy atom. The van der Waals surface area contributed by atoms with Crippen molar-refractivity contribution >= 4 is 29.2 Å². The van der Waals surface area contributed by atoms with Gasteiger partial charge < -0.3 is 20.2 Å². The van der Waals surface area contributed by atoms with E-state index in [1.807, 2.05) is 31.2 Å². The van der Waals surface area contributed by atoms with Crippen molar-refractivity contribution in [3.63, 3.8) is 0 Å². The molecule has 0 spiro atoms. The number of amides is 1. The van der Waals surface area contributed by atoms with E-state index in [9.17, 15) is 9.59 Å². The molecule has 0 aliphatic heterocycles. The summed E-state index contributed by atoms with van der Waals surface area (Å²) in [6.45, 7) is 6.37. The average molecular weight is 470 g/mol. The lowest BCUT2D eigenvalue weighted by molar-refractivity contribution is -0.136. The Balaban J connectivity index is 1.76. The minimum Gasteiger partial charge on any atom is -0.481 e. The summed E-state index contributed by atoms with van der Waals surface area (Å²) in [6, 6.07) is 12.8. The number of anilines is 1. The second-order valence-corrected chi connectivity index (χ2v) is 8.68. The minimum absolute atomic E-state index is 0.00931. The van der Waals surface area contributed by atoms with Gasteiger partial charge in [-0.15, -0.1) is 0 Å². The second-order valence-electron chi connectivity index (χ2n) is 8.29. The molecule has 0 bridgehead atoms. The lowest BCUT2D eigenvalue weighted by atomic mass is 9.96.